The van der Waals surface area contributed by atoms with Gasteiger partial charge in [0.2, 0.25) is 0 Å². The molecular formula is H6BrCl3Se. The molecule has 5 heteroatoms. The summed E-state index contributed by atoms with van der Waals surface area (Å²) < 4.78 is 0. The summed E-state index contributed by atoms with van der Waals surface area (Å²) in [6.45, 7) is 0. The Hall–Kier alpha value is 1.87. The van der Waals surface area contributed by atoms with Crippen LogP contribution in [0.1, 0.15) is 0 Å². The Morgan fingerprint density at radius 3 is 0.600 bits per heavy atom. The summed E-state index contributed by atoms with van der Waals surface area (Å²) in [5.74, 6) is 0. The van der Waals surface area contributed by atoms with Crippen LogP contribution in [-0.4, -0.2) is 17.1 Å². The van der Waals surface area contributed by atoms with E-state index >= 15 is 0 Å². The second-order valence-corrected chi connectivity index (χ2v) is 0. The standard InChI is InChI=1S/BrH.3ClH.H2Se/h4*1H;1H2. The molecule has 0 saturated carbocycles. The Bertz CT molecular complexity index is 6.85. The molecule has 0 fully saturated rings. The molecule has 0 heterocycles. The molecule has 0 bridgehead atoms. The Labute approximate surface area is 70.9 Å². The van der Waals surface area contributed by atoms with Crippen LogP contribution in [0.3, 0.4) is 0 Å². The van der Waals surface area contributed by atoms with E-state index < -0.39 is 0 Å². The van der Waals surface area contributed by atoms with Crippen molar-refractivity contribution in [2.24, 2.45) is 0 Å². The average molecular weight is 271 g/mol. The molecule has 5 heavy (non-hydrogen) atoms. The molecule has 0 aliphatic rings. The van der Waals surface area contributed by atoms with Crippen molar-refractivity contribution >= 4 is 71.3 Å². The third-order valence-electron chi connectivity index (χ3n) is 0. The van der Waals surface area contributed by atoms with Gasteiger partial charge >= 0.3 is 17.1 Å². The van der Waals surface area contributed by atoms with Crippen LogP contribution in [0.25, 0.3) is 0 Å². The average Bonchev–Trinajstić information content (AvgIpc) is 0. The third-order valence-corrected chi connectivity index (χ3v) is 0. The van der Waals surface area contributed by atoms with Gasteiger partial charge in [0.05, 0.1) is 0 Å². The number of hydrogen-bond donors (Lipinski definition) is 0. The summed E-state index contributed by atoms with van der Waals surface area (Å²) in [6, 6.07) is 0. The van der Waals surface area contributed by atoms with E-state index in [9.17, 15) is 0 Å². The molecule has 0 aromatic carbocycles. The van der Waals surface area contributed by atoms with Gasteiger partial charge in [0.1, 0.15) is 0 Å². The molecule has 0 radical (unpaired) electrons. The minimum atomic E-state index is 0. The Morgan fingerprint density at radius 2 is 0.600 bits per heavy atom. The van der Waals surface area contributed by atoms with Crippen LogP contribution < -0.4 is 0 Å². The molecular weight excluding hydrogens is 265 g/mol. The van der Waals surface area contributed by atoms with E-state index in [1.165, 1.54) is 0 Å². The molecule has 0 rings (SSSR count). The molecule has 0 aliphatic heterocycles. The molecule has 0 spiro atoms. The van der Waals surface area contributed by atoms with Gasteiger partial charge in [0, 0.05) is 0 Å². The van der Waals surface area contributed by atoms with E-state index in [1.54, 1.807) is 0 Å². The SMILES string of the molecule is Br.Cl.Cl.Cl.[SeH2]. The van der Waals surface area contributed by atoms with Gasteiger partial charge in [0.15, 0.2) is 0 Å². The van der Waals surface area contributed by atoms with Crippen LogP contribution in [0, 0.1) is 0 Å². The number of rotatable bonds is 0. The number of hydrogen-bond acceptors (Lipinski definition) is 0. The van der Waals surface area contributed by atoms with Gasteiger partial charge in [-0.15, -0.1) is 54.2 Å². The van der Waals surface area contributed by atoms with Crippen molar-refractivity contribution in [3.8, 4) is 0 Å². The van der Waals surface area contributed by atoms with Crippen molar-refractivity contribution in [3.63, 3.8) is 0 Å². The van der Waals surface area contributed by atoms with Crippen molar-refractivity contribution in [1.29, 1.82) is 0 Å². The fourth-order valence-electron chi connectivity index (χ4n) is 0. The van der Waals surface area contributed by atoms with Crippen LogP contribution >= 0.6 is 54.2 Å². The maximum absolute atomic E-state index is 0. The minimum absolute atomic E-state index is 0. The summed E-state index contributed by atoms with van der Waals surface area (Å²) in [7, 11) is 0. The summed E-state index contributed by atoms with van der Waals surface area (Å²) in [5.41, 5.74) is 0. The normalized spacial score (nSPS) is 0. The zero-order valence-corrected chi connectivity index (χ0v) is 8.39. The van der Waals surface area contributed by atoms with E-state index in [2.05, 4.69) is 0 Å². The topological polar surface area (TPSA) is 0 Å². The van der Waals surface area contributed by atoms with E-state index in [0.29, 0.717) is 0 Å². The summed E-state index contributed by atoms with van der Waals surface area (Å²) in [6.07, 6.45) is 0. The van der Waals surface area contributed by atoms with Crippen molar-refractivity contribution in [2.45, 2.75) is 0 Å². The molecule has 0 unspecified atom stereocenters. The maximum atomic E-state index is 0. The molecule has 40 valence electrons. The van der Waals surface area contributed by atoms with Crippen LogP contribution in [0.15, 0.2) is 0 Å². The Balaban J connectivity index is 0. The Kier molecular flexibility index (Phi) is 539. The first-order valence-electron chi connectivity index (χ1n) is 0. The van der Waals surface area contributed by atoms with Gasteiger partial charge in [-0.25, -0.2) is 0 Å². The van der Waals surface area contributed by atoms with Crippen molar-refractivity contribution in [2.75, 3.05) is 0 Å². The van der Waals surface area contributed by atoms with Crippen LogP contribution in [-0.2, 0) is 0 Å². The molecule has 0 atom stereocenters. The van der Waals surface area contributed by atoms with Crippen LogP contribution in [0.5, 0.6) is 0 Å². The van der Waals surface area contributed by atoms with E-state index in [-0.39, 0.29) is 71.3 Å². The fourth-order valence-corrected chi connectivity index (χ4v) is 0. The zero-order valence-electron chi connectivity index (χ0n) is 2.13. The third kappa shape index (κ3) is 25.1. The Morgan fingerprint density at radius 1 is 0.600 bits per heavy atom. The summed E-state index contributed by atoms with van der Waals surface area (Å²) in [4.78, 5) is 0. The first kappa shape index (κ1) is 67.7. The van der Waals surface area contributed by atoms with Gasteiger partial charge in [-0.1, -0.05) is 0 Å². The summed E-state index contributed by atoms with van der Waals surface area (Å²) >= 11 is 0. The quantitative estimate of drug-likeness (QED) is 0.575. The van der Waals surface area contributed by atoms with E-state index in [4.69, 9.17) is 0 Å². The molecule has 0 aromatic heterocycles. The van der Waals surface area contributed by atoms with Crippen molar-refractivity contribution < 1.29 is 0 Å². The molecule has 0 nitrogen and oxygen atoms in total. The van der Waals surface area contributed by atoms with Gasteiger partial charge in [0.25, 0.3) is 0 Å². The fraction of sp³-hybridized carbons (Fsp3) is 0. The predicted octanol–water partition coefficient (Wildman–Crippen LogP) is 0.927. The van der Waals surface area contributed by atoms with E-state index in [0.717, 1.165) is 0 Å². The summed E-state index contributed by atoms with van der Waals surface area (Å²) in [5, 5.41) is 0. The molecule has 0 aromatic rings. The van der Waals surface area contributed by atoms with Gasteiger partial charge in [-0.05, 0) is 0 Å². The molecule has 0 N–H and O–H groups in total. The van der Waals surface area contributed by atoms with Crippen LogP contribution in [0.4, 0.5) is 0 Å². The zero-order chi connectivity index (χ0) is 0. The van der Waals surface area contributed by atoms with Gasteiger partial charge in [-0.2, -0.15) is 0 Å². The molecule has 0 amide bonds. The first-order chi connectivity index (χ1) is 0. The number of halogens is 4. The molecule has 0 aliphatic carbocycles. The first-order valence-corrected chi connectivity index (χ1v) is 0. The molecule has 0 saturated heterocycles. The van der Waals surface area contributed by atoms with Gasteiger partial charge in [-0.3, -0.25) is 0 Å². The monoisotopic (exact) mass is 270 g/mol. The van der Waals surface area contributed by atoms with Crippen molar-refractivity contribution in [3.05, 3.63) is 0 Å². The second-order valence-electron chi connectivity index (χ2n) is 0. The predicted molar refractivity (Wildman–Crippen MR) is 40.6 cm³/mol. The van der Waals surface area contributed by atoms with E-state index in [1.807, 2.05) is 0 Å². The van der Waals surface area contributed by atoms with Crippen molar-refractivity contribution in [1.82, 2.24) is 0 Å². The van der Waals surface area contributed by atoms with Gasteiger partial charge < -0.3 is 0 Å². The second kappa shape index (κ2) is 39.8. The van der Waals surface area contributed by atoms with Crippen LogP contribution in [0.2, 0.25) is 0 Å².